The van der Waals surface area contributed by atoms with Crippen molar-refractivity contribution < 1.29 is 14.7 Å². The van der Waals surface area contributed by atoms with E-state index in [-0.39, 0.29) is 5.91 Å². The van der Waals surface area contributed by atoms with Crippen molar-refractivity contribution in [1.29, 1.82) is 0 Å². The highest BCUT2D eigenvalue weighted by molar-refractivity contribution is 5.91. The van der Waals surface area contributed by atoms with Gasteiger partial charge in [0.25, 0.3) is 0 Å². The van der Waals surface area contributed by atoms with Crippen LogP contribution >= 0.6 is 0 Å². The van der Waals surface area contributed by atoms with Gasteiger partial charge in [0, 0.05) is 26.2 Å². The third-order valence-corrected chi connectivity index (χ3v) is 5.61. The van der Waals surface area contributed by atoms with Crippen molar-refractivity contribution in [3.05, 3.63) is 18.2 Å². The van der Waals surface area contributed by atoms with E-state index in [0.717, 1.165) is 5.82 Å². The van der Waals surface area contributed by atoms with Gasteiger partial charge < -0.3 is 14.9 Å². The summed E-state index contributed by atoms with van der Waals surface area (Å²) in [6.45, 7) is 7.95. The molecule has 4 rings (SSSR count). The zero-order chi connectivity index (χ0) is 18.6. The van der Waals surface area contributed by atoms with Crippen molar-refractivity contribution in [3.8, 4) is 0 Å². The Balaban J connectivity index is 1.46. The monoisotopic (exact) mass is 358 g/mol. The summed E-state index contributed by atoms with van der Waals surface area (Å²) >= 11 is 0. The zero-order valence-electron chi connectivity index (χ0n) is 15.1. The number of rotatable bonds is 3. The van der Waals surface area contributed by atoms with Crippen LogP contribution in [0.15, 0.2) is 12.4 Å². The first kappa shape index (κ1) is 16.7. The lowest BCUT2D eigenvalue weighted by Crippen LogP contribution is -2.50. The van der Waals surface area contributed by atoms with Crippen LogP contribution in [0.25, 0.3) is 5.65 Å². The minimum atomic E-state index is -0.883. The average Bonchev–Trinajstić information content (AvgIpc) is 2.97. The van der Waals surface area contributed by atoms with E-state index in [2.05, 4.69) is 20.0 Å². The molecular formula is C17H22N6O3. The van der Waals surface area contributed by atoms with Crippen LogP contribution < -0.4 is 4.90 Å². The molecular weight excluding hydrogens is 336 g/mol. The topological polar surface area (TPSA) is 104 Å². The van der Waals surface area contributed by atoms with Gasteiger partial charge in [-0.1, -0.05) is 13.8 Å². The van der Waals surface area contributed by atoms with Gasteiger partial charge in [0.05, 0.1) is 24.2 Å². The van der Waals surface area contributed by atoms with Crippen LogP contribution in [0.4, 0.5) is 5.82 Å². The molecule has 26 heavy (non-hydrogen) atoms. The van der Waals surface area contributed by atoms with Crippen LogP contribution in [-0.2, 0) is 9.59 Å². The van der Waals surface area contributed by atoms with Crippen LogP contribution in [0.2, 0.25) is 0 Å². The van der Waals surface area contributed by atoms with E-state index in [4.69, 9.17) is 0 Å². The Labute approximate surface area is 150 Å². The molecule has 2 aliphatic rings. The summed E-state index contributed by atoms with van der Waals surface area (Å²) in [6, 6.07) is 0. The SMILES string of the molecule is Cc1nc2cncc(N3CCN(C(=O)[C@@H]4[C@H](C(=O)O)C4(C)C)CC3)n2n1. The Morgan fingerprint density at radius 1 is 1.15 bits per heavy atom. The van der Waals surface area contributed by atoms with Crippen molar-refractivity contribution >= 4 is 23.3 Å². The minimum Gasteiger partial charge on any atom is -0.481 e. The highest BCUT2D eigenvalue weighted by Gasteiger charge is 2.66. The minimum absolute atomic E-state index is 0.0463. The van der Waals surface area contributed by atoms with Gasteiger partial charge in [0.15, 0.2) is 11.5 Å². The second-order valence-electron chi connectivity index (χ2n) is 7.62. The molecule has 3 heterocycles. The first-order valence-electron chi connectivity index (χ1n) is 8.74. The van der Waals surface area contributed by atoms with Gasteiger partial charge in [0.2, 0.25) is 5.91 Å². The highest BCUT2D eigenvalue weighted by Crippen LogP contribution is 2.59. The maximum Gasteiger partial charge on any atom is 0.307 e. The number of carboxylic acid groups (broad SMARTS) is 1. The molecule has 9 heteroatoms. The maximum atomic E-state index is 12.8. The Morgan fingerprint density at radius 2 is 1.85 bits per heavy atom. The zero-order valence-corrected chi connectivity index (χ0v) is 15.1. The van der Waals surface area contributed by atoms with Gasteiger partial charge >= 0.3 is 5.97 Å². The van der Waals surface area contributed by atoms with Crippen molar-refractivity contribution in [3.63, 3.8) is 0 Å². The number of carboxylic acids is 1. The fourth-order valence-corrected chi connectivity index (χ4v) is 4.04. The smallest absolute Gasteiger partial charge is 0.307 e. The summed E-state index contributed by atoms with van der Waals surface area (Å²) in [4.78, 5) is 36.6. The van der Waals surface area contributed by atoms with Gasteiger partial charge in [-0.15, -0.1) is 5.10 Å². The van der Waals surface area contributed by atoms with Crippen LogP contribution in [-0.4, -0.2) is 67.6 Å². The maximum absolute atomic E-state index is 12.8. The van der Waals surface area contributed by atoms with Crippen molar-refractivity contribution in [1.82, 2.24) is 24.5 Å². The number of aromatic nitrogens is 4. The summed E-state index contributed by atoms with van der Waals surface area (Å²) in [5.74, 6) is -0.394. The van der Waals surface area contributed by atoms with Gasteiger partial charge in [-0.3, -0.25) is 14.6 Å². The predicted octanol–water partition coefficient (Wildman–Crippen LogP) is 0.438. The number of aliphatic carboxylic acids is 1. The second-order valence-corrected chi connectivity index (χ2v) is 7.62. The summed E-state index contributed by atoms with van der Waals surface area (Å²) in [6.07, 6.45) is 3.42. The molecule has 0 spiro atoms. The van der Waals surface area contributed by atoms with Gasteiger partial charge in [-0.05, 0) is 12.3 Å². The van der Waals surface area contributed by atoms with Gasteiger partial charge in [-0.25, -0.2) is 4.98 Å². The Morgan fingerprint density at radius 3 is 2.46 bits per heavy atom. The normalized spacial score (nSPS) is 24.7. The lowest BCUT2D eigenvalue weighted by molar-refractivity contribution is -0.142. The number of hydrogen-bond donors (Lipinski definition) is 1. The molecule has 0 aromatic carbocycles. The third kappa shape index (κ3) is 2.49. The number of nitrogens with zero attached hydrogens (tertiary/aromatic N) is 6. The van der Waals surface area contributed by atoms with Crippen molar-refractivity contribution in [2.75, 3.05) is 31.1 Å². The summed E-state index contributed by atoms with van der Waals surface area (Å²) in [5, 5.41) is 13.7. The third-order valence-electron chi connectivity index (χ3n) is 5.61. The largest absolute Gasteiger partial charge is 0.481 e. The van der Waals surface area contributed by atoms with E-state index in [1.165, 1.54) is 0 Å². The molecule has 1 aliphatic heterocycles. The quantitative estimate of drug-likeness (QED) is 0.849. The van der Waals surface area contributed by atoms with Crippen molar-refractivity contribution in [2.45, 2.75) is 20.8 Å². The van der Waals surface area contributed by atoms with E-state index in [0.29, 0.717) is 37.7 Å². The van der Waals surface area contributed by atoms with E-state index in [1.807, 2.05) is 20.8 Å². The molecule has 1 N–H and O–H groups in total. The Bertz CT molecular complexity index is 884. The van der Waals surface area contributed by atoms with Gasteiger partial charge in [0.1, 0.15) is 5.82 Å². The van der Waals surface area contributed by atoms with Crippen LogP contribution in [0.1, 0.15) is 19.7 Å². The first-order valence-corrected chi connectivity index (χ1v) is 8.74. The number of aryl methyl sites for hydroxylation is 1. The standard InChI is InChI=1S/C17H22N6O3/c1-10-19-11-8-18-9-12(23(11)20-10)21-4-6-22(7-5-21)15(24)13-14(16(25)26)17(13,2)3/h8-9,13-14H,4-7H2,1-3H3,(H,25,26)/t13-,14+/m0/s1. The number of carbonyl (C=O) groups excluding carboxylic acids is 1. The Hall–Kier alpha value is -2.71. The molecule has 0 radical (unpaired) electrons. The molecule has 138 valence electrons. The molecule has 0 unspecified atom stereocenters. The molecule has 0 bridgehead atoms. The van der Waals surface area contributed by atoms with E-state index in [9.17, 15) is 14.7 Å². The molecule has 1 aliphatic carbocycles. The van der Waals surface area contributed by atoms with E-state index < -0.39 is 23.2 Å². The average molecular weight is 358 g/mol. The summed E-state index contributed by atoms with van der Waals surface area (Å²) < 4.78 is 1.77. The summed E-state index contributed by atoms with van der Waals surface area (Å²) in [5.41, 5.74) is 0.232. The number of piperazine rings is 1. The molecule has 2 aromatic rings. The number of fused-ring (bicyclic) bond motifs is 1. The fourth-order valence-electron chi connectivity index (χ4n) is 4.04. The molecule has 2 fully saturated rings. The number of anilines is 1. The van der Waals surface area contributed by atoms with Crippen LogP contribution in [0.3, 0.4) is 0 Å². The van der Waals surface area contributed by atoms with Gasteiger partial charge in [-0.2, -0.15) is 4.52 Å². The summed E-state index contributed by atoms with van der Waals surface area (Å²) in [7, 11) is 0. The molecule has 1 saturated carbocycles. The molecule has 2 aromatic heterocycles. The number of carbonyl (C=O) groups is 2. The second kappa shape index (κ2) is 5.65. The van der Waals surface area contributed by atoms with Crippen LogP contribution in [0, 0.1) is 24.2 Å². The Kier molecular flexibility index (Phi) is 3.64. The highest BCUT2D eigenvalue weighted by atomic mass is 16.4. The molecule has 1 saturated heterocycles. The fraction of sp³-hybridized carbons (Fsp3) is 0.588. The molecule has 1 amide bonds. The lowest BCUT2D eigenvalue weighted by Gasteiger charge is -2.36. The first-order chi connectivity index (χ1) is 12.3. The number of amides is 1. The predicted molar refractivity (Wildman–Crippen MR) is 92.7 cm³/mol. The van der Waals surface area contributed by atoms with E-state index in [1.54, 1.807) is 21.8 Å². The number of hydrogen-bond acceptors (Lipinski definition) is 6. The molecule has 9 nitrogen and oxygen atoms in total. The molecule has 2 atom stereocenters. The van der Waals surface area contributed by atoms with Crippen molar-refractivity contribution in [2.24, 2.45) is 17.3 Å². The van der Waals surface area contributed by atoms with E-state index >= 15 is 0 Å². The van der Waals surface area contributed by atoms with Crippen LogP contribution in [0.5, 0.6) is 0 Å². The lowest BCUT2D eigenvalue weighted by atomic mass is 10.1.